The molecule has 0 aliphatic carbocycles. The van der Waals surface area contributed by atoms with Gasteiger partial charge in [0.15, 0.2) is 6.61 Å². The maximum atomic E-state index is 11.4. The van der Waals surface area contributed by atoms with Crippen LogP contribution in [0, 0.1) is 5.41 Å². The van der Waals surface area contributed by atoms with Crippen LogP contribution < -0.4 is 21.1 Å². The highest BCUT2D eigenvalue weighted by molar-refractivity contribution is 5.97. The molecule has 2 rings (SSSR count). The second-order valence-corrected chi connectivity index (χ2v) is 5.49. The Morgan fingerprint density at radius 3 is 2.76 bits per heavy atom. The Morgan fingerprint density at radius 1 is 1.43 bits per heavy atom. The summed E-state index contributed by atoms with van der Waals surface area (Å²) in [4.78, 5) is 11.4. The highest BCUT2D eigenvalue weighted by Crippen LogP contribution is 2.36. The molecule has 1 amide bonds. The van der Waals surface area contributed by atoms with E-state index in [1.165, 1.54) is 0 Å². The third-order valence-electron chi connectivity index (χ3n) is 4.27. The number of fused-ring (bicyclic) bond motifs is 1. The Morgan fingerprint density at radius 2 is 2.14 bits per heavy atom. The molecule has 1 aromatic rings. The van der Waals surface area contributed by atoms with Gasteiger partial charge in [-0.3, -0.25) is 4.79 Å². The van der Waals surface area contributed by atoms with Crippen molar-refractivity contribution >= 4 is 23.0 Å². The fourth-order valence-corrected chi connectivity index (χ4v) is 2.36. The number of nitrogen functional groups attached to an aromatic ring is 1. The summed E-state index contributed by atoms with van der Waals surface area (Å²) in [6.07, 6.45) is 1.75. The smallest absolute Gasteiger partial charge is 0.262 e. The number of aliphatic hydroxyl groups excluding tert-OH is 1. The summed E-state index contributed by atoms with van der Waals surface area (Å²) in [7, 11) is 0. The number of amides is 1. The van der Waals surface area contributed by atoms with E-state index < -0.39 is 0 Å². The molecule has 1 heterocycles. The topological polar surface area (TPSA) is 96.6 Å². The van der Waals surface area contributed by atoms with Crippen LogP contribution in [0.15, 0.2) is 12.1 Å². The first-order valence-corrected chi connectivity index (χ1v) is 7.24. The highest BCUT2D eigenvalue weighted by atomic mass is 16.5. The lowest BCUT2D eigenvalue weighted by Gasteiger charge is -2.30. The van der Waals surface area contributed by atoms with E-state index in [4.69, 9.17) is 10.5 Å². The number of nitrogens with one attached hydrogen (secondary N) is 2. The molecule has 0 unspecified atom stereocenters. The number of ether oxygens (including phenoxy) is 1. The first-order valence-electron chi connectivity index (χ1n) is 7.24. The molecule has 0 fully saturated rings. The van der Waals surface area contributed by atoms with Gasteiger partial charge in [-0.15, -0.1) is 0 Å². The number of aliphatic hydroxyl groups is 1. The SMILES string of the molecule is CCC(CC)(CO)CNc1cc2c(cc1N)OCC(=O)N2. The van der Waals surface area contributed by atoms with Gasteiger partial charge in [-0.1, -0.05) is 13.8 Å². The molecule has 1 aliphatic heterocycles. The van der Waals surface area contributed by atoms with Crippen LogP contribution in [0.3, 0.4) is 0 Å². The third-order valence-corrected chi connectivity index (χ3v) is 4.27. The lowest BCUT2D eigenvalue weighted by atomic mass is 9.83. The van der Waals surface area contributed by atoms with Crippen molar-refractivity contribution in [3.05, 3.63) is 12.1 Å². The molecular formula is C15H23N3O3. The number of hydrogen-bond donors (Lipinski definition) is 4. The van der Waals surface area contributed by atoms with Crippen molar-refractivity contribution in [2.24, 2.45) is 5.41 Å². The van der Waals surface area contributed by atoms with Gasteiger partial charge >= 0.3 is 0 Å². The molecule has 0 saturated heterocycles. The molecule has 1 aliphatic rings. The van der Waals surface area contributed by atoms with Crippen molar-refractivity contribution in [1.82, 2.24) is 0 Å². The Balaban J connectivity index is 2.17. The summed E-state index contributed by atoms with van der Waals surface area (Å²) in [5.74, 6) is 0.405. The minimum absolute atomic E-state index is 0.0124. The Labute approximate surface area is 124 Å². The first kappa shape index (κ1) is 15.4. The Bertz CT molecular complexity index is 519. The van der Waals surface area contributed by atoms with E-state index in [2.05, 4.69) is 24.5 Å². The fourth-order valence-electron chi connectivity index (χ4n) is 2.36. The minimum Gasteiger partial charge on any atom is -0.482 e. The van der Waals surface area contributed by atoms with Gasteiger partial charge in [0, 0.05) is 18.0 Å². The van der Waals surface area contributed by atoms with Gasteiger partial charge in [0.2, 0.25) is 0 Å². The molecule has 0 atom stereocenters. The van der Waals surface area contributed by atoms with Crippen molar-refractivity contribution in [2.45, 2.75) is 26.7 Å². The van der Waals surface area contributed by atoms with Crippen molar-refractivity contribution < 1.29 is 14.6 Å². The van der Waals surface area contributed by atoms with E-state index in [1.807, 2.05) is 0 Å². The normalized spacial score (nSPS) is 14.1. The first-order chi connectivity index (χ1) is 10.0. The number of hydrogen-bond acceptors (Lipinski definition) is 5. The van der Waals surface area contributed by atoms with Gasteiger partial charge in [-0.2, -0.15) is 0 Å². The summed E-state index contributed by atoms with van der Waals surface area (Å²) in [6.45, 7) is 4.88. The lowest BCUT2D eigenvalue weighted by molar-refractivity contribution is -0.118. The largest absolute Gasteiger partial charge is 0.482 e. The standard InChI is InChI=1S/C15H23N3O3/c1-3-15(4-2,9-19)8-17-11-6-12-13(5-10(11)16)21-7-14(20)18-12/h5-6,17,19H,3-4,7-9,16H2,1-2H3,(H,18,20). The van der Waals surface area contributed by atoms with Gasteiger partial charge in [-0.05, 0) is 18.9 Å². The number of carbonyl (C=O) groups excluding carboxylic acids is 1. The molecule has 0 radical (unpaired) electrons. The molecule has 6 heteroatoms. The number of nitrogens with two attached hydrogens (primary N) is 1. The molecule has 0 aromatic heterocycles. The monoisotopic (exact) mass is 293 g/mol. The Hall–Kier alpha value is -1.95. The van der Waals surface area contributed by atoms with E-state index in [1.54, 1.807) is 12.1 Å². The molecule has 116 valence electrons. The van der Waals surface area contributed by atoms with Gasteiger partial charge in [0.25, 0.3) is 5.91 Å². The van der Waals surface area contributed by atoms with Gasteiger partial charge in [0.05, 0.1) is 23.7 Å². The van der Waals surface area contributed by atoms with Crippen LogP contribution in [0.4, 0.5) is 17.1 Å². The van der Waals surface area contributed by atoms with E-state index in [9.17, 15) is 9.90 Å². The van der Waals surface area contributed by atoms with Crippen LogP contribution >= 0.6 is 0 Å². The van der Waals surface area contributed by atoms with E-state index >= 15 is 0 Å². The zero-order valence-corrected chi connectivity index (χ0v) is 12.5. The Kier molecular flexibility index (Phi) is 4.57. The quantitative estimate of drug-likeness (QED) is 0.600. The maximum Gasteiger partial charge on any atom is 0.262 e. The molecule has 1 aromatic carbocycles. The number of carbonyl (C=O) groups is 1. The summed E-state index contributed by atoms with van der Waals surface area (Å²) in [6, 6.07) is 3.48. The third kappa shape index (κ3) is 3.21. The predicted molar refractivity (Wildman–Crippen MR) is 83.6 cm³/mol. The van der Waals surface area contributed by atoms with Crippen molar-refractivity contribution in [1.29, 1.82) is 0 Å². The highest BCUT2D eigenvalue weighted by Gasteiger charge is 2.25. The summed E-state index contributed by atoms with van der Waals surface area (Å²) in [5.41, 5.74) is 7.76. The van der Waals surface area contributed by atoms with Crippen LogP contribution in [0.5, 0.6) is 5.75 Å². The van der Waals surface area contributed by atoms with E-state index in [-0.39, 0.29) is 24.5 Å². The predicted octanol–water partition coefficient (Wildman–Crippen LogP) is 1.81. The van der Waals surface area contributed by atoms with E-state index in [0.717, 1.165) is 18.5 Å². The molecule has 0 bridgehead atoms. The molecular weight excluding hydrogens is 270 g/mol. The van der Waals surface area contributed by atoms with Crippen molar-refractivity contribution in [2.75, 3.05) is 36.1 Å². The maximum absolute atomic E-state index is 11.4. The second kappa shape index (κ2) is 6.22. The van der Waals surface area contributed by atoms with Crippen LogP contribution in [-0.2, 0) is 4.79 Å². The van der Waals surface area contributed by atoms with Crippen LogP contribution in [-0.4, -0.2) is 30.8 Å². The minimum atomic E-state index is -0.176. The van der Waals surface area contributed by atoms with E-state index in [0.29, 0.717) is 23.7 Å². The zero-order chi connectivity index (χ0) is 15.5. The molecule has 5 N–H and O–H groups in total. The number of anilines is 3. The molecule has 0 saturated carbocycles. The van der Waals surface area contributed by atoms with Crippen molar-refractivity contribution in [3.8, 4) is 5.75 Å². The second-order valence-electron chi connectivity index (χ2n) is 5.49. The number of rotatable bonds is 6. The lowest BCUT2D eigenvalue weighted by Crippen LogP contribution is -2.32. The molecule has 6 nitrogen and oxygen atoms in total. The van der Waals surface area contributed by atoms with Crippen LogP contribution in [0.1, 0.15) is 26.7 Å². The van der Waals surface area contributed by atoms with Crippen LogP contribution in [0.25, 0.3) is 0 Å². The van der Waals surface area contributed by atoms with Gasteiger partial charge in [-0.25, -0.2) is 0 Å². The average molecular weight is 293 g/mol. The molecule has 21 heavy (non-hydrogen) atoms. The van der Waals surface area contributed by atoms with Gasteiger partial charge in [0.1, 0.15) is 5.75 Å². The van der Waals surface area contributed by atoms with Crippen LogP contribution in [0.2, 0.25) is 0 Å². The van der Waals surface area contributed by atoms with Gasteiger partial charge < -0.3 is 26.2 Å². The summed E-state index contributed by atoms with van der Waals surface area (Å²) >= 11 is 0. The fraction of sp³-hybridized carbons (Fsp3) is 0.533. The summed E-state index contributed by atoms with van der Waals surface area (Å²) < 4.78 is 5.32. The zero-order valence-electron chi connectivity index (χ0n) is 12.5. The summed E-state index contributed by atoms with van der Waals surface area (Å²) in [5, 5.41) is 15.6. The van der Waals surface area contributed by atoms with Crippen molar-refractivity contribution in [3.63, 3.8) is 0 Å². The molecule has 0 spiro atoms. The average Bonchev–Trinajstić information content (AvgIpc) is 2.50. The number of benzene rings is 1.